The lowest BCUT2D eigenvalue weighted by atomic mass is 9.97. The third kappa shape index (κ3) is 4.35. The second kappa shape index (κ2) is 9.42. The highest BCUT2D eigenvalue weighted by Crippen LogP contribution is 2.35. The van der Waals surface area contributed by atoms with E-state index in [4.69, 9.17) is 9.72 Å². The standard InChI is InChI=1S/C25H26FN5O2S/c1-3-33-21-12-5-4-11-20(21)27-24(32)17-8-7-13-30(15-17)25-28-23-22(34-25)16(2)29-31(23)19-10-6-9-18(26)14-19/h4-6,9-12,14,17H,3,7-8,13,15H2,1-2H3,(H,27,32). The molecule has 0 spiro atoms. The van der Waals surface area contributed by atoms with Crippen LogP contribution >= 0.6 is 11.3 Å². The quantitative estimate of drug-likeness (QED) is 0.412. The lowest BCUT2D eigenvalue weighted by Crippen LogP contribution is -2.40. The normalized spacial score (nSPS) is 16.1. The first-order valence-corrected chi connectivity index (χ1v) is 12.2. The molecule has 2 aromatic carbocycles. The van der Waals surface area contributed by atoms with Crippen LogP contribution in [0, 0.1) is 18.7 Å². The fourth-order valence-electron chi connectivity index (χ4n) is 4.30. The fourth-order valence-corrected chi connectivity index (χ4v) is 5.32. The first-order valence-electron chi connectivity index (χ1n) is 11.4. The van der Waals surface area contributed by atoms with E-state index in [0.717, 1.165) is 34.9 Å². The number of nitrogens with one attached hydrogen (secondary N) is 1. The van der Waals surface area contributed by atoms with Crippen LogP contribution in [-0.4, -0.2) is 40.4 Å². The lowest BCUT2D eigenvalue weighted by molar-refractivity contribution is -0.120. The maximum absolute atomic E-state index is 13.8. The number of carbonyl (C=O) groups is 1. The van der Waals surface area contributed by atoms with Crippen molar-refractivity contribution in [1.82, 2.24) is 14.8 Å². The van der Waals surface area contributed by atoms with Gasteiger partial charge < -0.3 is 15.0 Å². The zero-order chi connectivity index (χ0) is 23.7. The monoisotopic (exact) mass is 479 g/mol. The van der Waals surface area contributed by atoms with Gasteiger partial charge in [-0.1, -0.05) is 29.5 Å². The Bertz CT molecular complexity index is 1330. The summed E-state index contributed by atoms with van der Waals surface area (Å²) in [5, 5.41) is 8.47. The molecule has 2 aromatic heterocycles. The predicted molar refractivity (Wildman–Crippen MR) is 133 cm³/mol. The fraction of sp³-hybridized carbons (Fsp3) is 0.320. The number of ether oxygens (including phenoxy) is 1. The molecule has 1 atom stereocenters. The summed E-state index contributed by atoms with van der Waals surface area (Å²) in [7, 11) is 0. The molecular weight excluding hydrogens is 453 g/mol. The van der Waals surface area contributed by atoms with Gasteiger partial charge in [0, 0.05) is 13.1 Å². The third-order valence-corrected chi connectivity index (χ3v) is 7.15. The van der Waals surface area contributed by atoms with Crippen LogP contribution in [0.1, 0.15) is 25.5 Å². The summed E-state index contributed by atoms with van der Waals surface area (Å²) in [5.74, 6) is 0.191. The zero-order valence-electron chi connectivity index (χ0n) is 19.1. The van der Waals surface area contributed by atoms with E-state index < -0.39 is 0 Å². The molecule has 1 aliphatic heterocycles. The molecule has 34 heavy (non-hydrogen) atoms. The van der Waals surface area contributed by atoms with Crippen LogP contribution in [0.5, 0.6) is 5.75 Å². The molecule has 3 heterocycles. The van der Waals surface area contributed by atoms with Crippen molar-refractivity contribution in [2.24, 2.45) is 5.92 Å². The highest BCUT2D eigenvalue weighted by atomic mass is 32.1. The number of rotatable bonds is 6. The molecule has 9 heteroatoms. The summed E-state index contributed by atoms with van der Waals surface area (Å²) in [5.41, 5.74) is 2.89. The summed E-state index contributed by atoms with van der Waals surface area (Å²) in [6.07, 6.45) is 1.72. The smallest absolute Gasteiger partial charge is 0.229 e. The minimum absolute atomic E-state index is 0.0138. The van der Waals surface area contributed by atoms with Crippen molar-refractivity contribution in [2.75, 3.05) is 29.9 Å². The number of aromatic nitrogens is 3. The molecule has 0 radical (unpaired) electrons. The molecular formula is C25H26FN5O2S. The van der Waals surface area contributed by atoms with Crippen LogP contribution in [0.4, 0.5) is 15.2 Å². The number of thiazole rings is 1. The van der Waals surface area contributed by atoms with Gasteiger partial charge in [0.1, 0.15) is 11.6 Å². The molecule has 4 aromatic rings. The molecule has 0 bridgehead atoms. The number of piperidine rings is 1. The van der Waals surface area contributed by atoms with Gasteiger partial charge in [-0.05, 0) is 57.0 Å². The molecule has 176 valence electrons. The largest absolute Gasteiger partial charge is 0.492 e. The molecule has 5 rings (SSSR count). The molecule has 0 saturated carbocycles. The van der Waals surface area contributed by atoms with Crippen LogP contribution in [0.15, 0.2) is 48.5 Å². The van der Waals surface area contributed by atoms with Crippen molar-refractivity contribution in [2.45, 2.75) is 26.7 Å². The van der Waals surface area contributed by atoms with Crippen molar-refractivity contribution in [3.8, 4) is 11.4 Å². The Morgan fingerprint density at radius 3 is 2.94 bits per heavy atom. The second-order valence-corrected chi connectivity index (χ2v) is 9.31. The topological polar surface area (TPSA) is 72.3 Å². The Balaban J connectivity index is 1.36. The summed E-state index contributed by atoms with van der Waals surface area (Å²) >= 11 is 1.56. The van der Waals surface area contributed by atoms with Crippen molar-refractivity contribution >= 4 is 38.4 Å². The van der Waals surface area contributed by atoms with Gasteiger partial charge in [0.05, 0.1) is 34.3 Å². The van der Waals surface area contributed by atoms with E-state index in [1.165, 1.54) is 12.1 Å². The molecule has 1 fully saturated rings. The molecule has 1 aliphatic rings. The van der Waals surface area contributed by atoms with Gasteiger partial charge in [-0.3, -0.25) is 4.79 Å². The number of aryl methyl sites for hydroxylation is 1. The van der Waals surface area contributed by atoms with Crippen LogP contribution < -0.4 is 15.0 Å². The predicted octanol–water partition coefficient (Wildman–Crippen LogP) is 5.18. The van der Waals surface area contributed by atoms with E-state index in [1.807, 2.05) is 44.2 Å². The first-order chi connectivity index (χ1) is 16.5. The second-order valence-electron chi connectivity index (χ2n) is 8.33. The van der Waals surface area contributed by atoms with Crippen LogP contribution in [0.25, 0.3) is 16.0 Å². The van der Waals surface area contributed by atoms with Gasteiger partial charge in [0.25, 0.3) is 0 Å². The number of anilines is 2. The van der Waals surface area contributed by atoms with Crippen molar-refractivity contribution in [1.29, 1.82) is 0 Å². The number of amides is 1. The Morgan fingerprint density at radius 2 is 2.12 bits per heavy atom. The molecule has 1 amide bonds. The summed E-state index contributed by atoms with van der Waals surface area (Å²) in [4.78, 5) is 20.1. The SMILES string of the molecule is CCOc1ccccc1NC(=O)C1CCCN(c2nc3c(s2)c(C)nn3-c2cccc(F)c2)C1. The highest BCUT2D eigenvalue weighted by molar-refractivity contribution is 7.22. The van der Waals surface area contributed by atoms with E-state index >= 15 is 0 Å². The highest BCUT2D eigenvalue weighted by Gasteiger charge is 2.29. The maximum Gasteiger partial charge on any atom is 0.229 e. The number of hydrogen-bond donors (Lipinski definition) is 1. The maximum atomic E-state index is 13.8. The summed E-state index contributed by atoms with van der Waals surface area (Å²) < 4.78 is 22.1. The Kier molecular flexibility index (Phi) is 6.19. The molecule has 1 N–H and O–H groups in total. The van der Waals surface area contributed by atoms with Gasteiger partial charge in [-0.2, -0.15) is 10.1 Å². The van der Waals surface area contributed by atoms with Crippen molar-refractivity contribution in [3.05, 3.63) is 60.0 Å². The Hall–Kier alpha value is -3.46. The van der Waals surface area contributed by atoms with Crippen LogP contribution in [0.3, 0.4) is 0 Å². The van der Waals surface area contributed by atoms with E-state index in [1.54, 1.807) is 22.1 Å². The zero-order valence-corrected chi connectivity index (χ0v) is 19.9. The number of halogens is 1. The summed E-state index contributed by atoms with van der Waals surface area (Å²) in [6.45, 7) is 5.81. The number of hydrogen-bond acceptors (Lipinski definition) is 6. The Labute approximate surface area is 201 Å². The number of nitrogens with zero attached hydrogens (tertiary/aromatic N) is 4. The van der Waals surface area contributed by atoms with Crippen molar-refractivity contribution < 1.29 is 13.9 Å². The first kappa shape index (κ1) is 22.3. The number of para-hydroxylation sites is 2. The average molecular weight is 480 g/mol. The van der Waals surface area contributed by atoms with Gasteiger partial charge in [0.15, 0.2) is 10.8 Å². The minimum Gasteiger partial charge on any atom is -0.492 e. The number of benzene rings is 2. The van der Waals surface area contributed by atoms with Gasteiger partial charge >= 0.3 is 0 Å². The molecule has 1 unspecified atom stereocenters. The molecule has 7 nitrogen and oxygen atoms in total. The minimum atomic E-state index is -0.315. The van der Waals surface area contributed by atoms with Crippen LogP contribution in [-0.2, 0) is 4.79 Å². The van der Waals surface area contributed by atoms with Crippen LogP contribution in [0.2, 0.25) is 0 Å². The van der Waals surface area contributed by atoms with E-state index in [0.29, 0.717) is 35.9 Å². The van der Waals surface area contributed by atoms with E-state index in [-0.39, 0.29) is 17.6 Å². The Morgan fingerprint density at radius 1 is 1.26 bits per heavy atom. The molecule has 0 aliphatic carbocycles. The van der Waals surface area contributed by atoms with E-state index in [2.05, 4.69) is 15.3 Å². The lowest BCUT2D eigenvalue weighted by Gasteiger charge is -2.31. The third-order valence-electron chi connectivity index (χ3n) is 5.94. The average Bonchev–Trinajstić information content (AvgIpc) is 3.41. The number of fused-ring (bicyclic) bond motifs is 1. The van der Waals surface area contributed by atoms with Gasteiger partial charge in [-0.15, -0.1) is 0 Å². The van der Waals surface area contributed by atoms with Crippen molar-refractivity contribution in [3.63, 3.8) is 0 Å². The van der Waals surface area contributed by atoms with Gasteiger partial charge in [0.2, 0.25) is 5.91 Å². The molecule has 1 saturated heterocycles. The number of carbonyl (C=O) groups excluding carboxylic acids is 1. The summed E-state index contributed by atoms with van der Waals surface area (Å²) in [6, 6.07) is 13.8. The van der Waals surface area contributed by atoms with Gasteiger partial charge in [-0.25, -0.2) is 9.07 Å². The van der Waals surface area contributed by atoms with E-state index in [9.17, 15) is 9.18 Å².